The number of ether oxygens (including phenoxy) is 1. The van der Waals surface area contributed by atoms with E-state index in [0.717, 1.165) is 12.1 Å². The van der Waals surface area contributed by atoms with Gasteiger partial charge in [0.2, 0.25) is 5.91 Å². The van der Waals surface area contributed by atoms with Gasteiger partial charge in [0.25, 0.3) is 0 Å². The first-order chi connectivity index (χ1) is 9.19. The molecular weight excluding hydrogens is 240 g/mol. The predicted molar refractivity (Wildman–Crippen MR) is 78.3 cm³/mol. The molecule has 0 saturated carbocycles. The molecule has 1 aromatic rings. The number of amides is 1. The van der Waals surface area contributed by atoms with Gasteiger partial charge in [-0.15, -0.1) is 0 Å². The minimum Gasteiger partial charge on any atom is -0.381 e. The highest BCUT2D eigenvalue weighted by molar-refractivity contribution is 5.93. The molecule has 1 rings (SSSR count). The van der Waals surface area contributed by atoms with Crippen molar-refractivity contribution in [2.24, 2.45) is 5.73 Å². The number of hydrogen-bond acceptors (Lipinski definition) is 3. The van der Waals surface area contributed by atoms with Gasteiger partial charge in [-0.25, -0.2) is 0 Å². The molecule has 0 aromatic heterocycles. The largest absolute Gasteiger partial charge is 0.381 e. The average Bonchev–Trinajstić information content (AvgIpc) is 2.41. The van der Waals surface area contributed by atoms with Crippen molar-refractivity contribution in [3.8, 4) is 0 Å². The lowest BCUT2D eigenvalue weighted by Crippen LogP contribution is -2.33. The van der Waals surface area contributed by atoms with Gasteiger partial charge in [-0.05, 0) is 38.9 Å². The van der Waals surface area contributed by atoms with E-state index in [0.29, 0.717) is 32.7 Å². The zero-order valence-electron chi connectivity index (χ0n) is 11.9. The van der Waals surface area contributed by atoms with Crippen molar-refractivity contribution in [1.82, 2.24) is 0 Å². The number of rotatable bonds is 8. The van der Waals surface area contributed by atoms with Crippen LogP contribution in [0.15, 0.2) is 24.3 Å². The first-order valence-corrected chi connectivity index (χ1v) is 6.84. The van der Waals surface area contributed by atoms with E-state index < -0.39 is 0 Å². The van der Waals surface area contributed by atoms with Crippen LogP contribution in [-0.4, -0.2) is 32.2 Å². The fraction of sp³-hybridized carbons (Fsp3) is 0.533. The Labute approximate surface area is 115 Å². The third-order valence-electron chi connectivity index (χ3n) is 2.90. The average molecular weight is 264 g/mol. The van der Waals surface area contributed by atoms with E-state index in [1.54, 1.807) is 4.90 Å². The van der Waals surface area contributed by atoms with Crippen LogP contribution in [0.25, 0.3) is 0 Å². The van der Waals surface area contributed by atoms with Crippen molar-refractivity contribution in [3.05, 3.63) is 29.8 Å². The summed E-state index contributed by atoms with van der Waals surface area (Å²) in [4.78, 5) is 14.0. The van der Waals surface area contributed by atoms with E-state index in [1.807, 2.05) is 38.1 Å². The Hall–Kier alpha value is -1.39. The maximum Gasteiger partial charge on any atom is 0.229 e. The van der Waals surface area contributed by atoms with E-state index in [4.69, 9.17) is 10.5 Å². The van der Waals surface area contributed by atoms with Crippen LogP contribution in [0.5, 0.6) is 0 Å². The number of aryl methyl sites for hydroxylation is 1. The summed E-state index contributed by atoms with van der Waals surface area (Å²) in [6.45, 7) is 6.31. The summed E-state index contributed by atoms with van der Waals surface area (Å²) >= 11 is 0. The van der Waals surface area contributed by atoms with Gasteiger partial charge in [-0.3, -0.25) is 4.79 Å². The van der Waals surface area contributed by atoms with Gasteiger partial charge < -0.3 is 15.4 Å². The highest BCUT2D eigenvalue weighted by Crippen LogP contribution is 2.16. The Bertz CT molecular complexity index is 376. The minimum absolute atomic E-state index is 0.0887. The lowest BCUT2D eigenvalue weighted by atomic mass is 10.2. The summed E-state index contributed by atoms with van der Waals surface area (Å²) in [6.07, 6.45) is 1.21. The van der Waals surface area contributed by atoms with Gasteiger partial charge in [0.1, 0.15) is 0 Å². The van der Waals surface area contributed by atoms with Crippen molar-refractivity contribution in [3.63, 3.8) is 0 Å². The second-order valence-electron chi connectivity index (χ2n) is 4.47. The Kier molecular flexibility index (Phi) is 7.15. The molecule has 0 bridgehead atoms. The van der Waals surface area contributed by atoms with E-state index in [1.165, 1.54) is 5.56 Å². The van der Waals surface area contributed by atoms with Gasteiger partial charge >= 0.3 is 0 Å². The summed E-state index contributed by atoms with van der Waals surface area (Å²) in [5.41, 5.74) is 7.65. The normalized spacial score (nSPS) is 10.5. The van der Waals surface area contributed by atoms with Crippen molar-refractivity contribution in [2.75, 3.05) is 31.2 Å². The smallest absolute Gasteiger partial charge is 0.229 e. The summed E-state index contributed by atoms with van der Waals surface area (Å²) in [6, 6.07) is 7.98. The van der Waals surface area contributed by atoms with Crippen LogP contribution in [-0.2, 0) is 9.53 Å². The molecule has 0 aliphatic heterocycles. The SMILES string of the molecule is CCOCCC(=O)N(CCCN)c1ccc(C)cc1. The number of carbonyl (C=O) groups excluding carboxylic acids is 1. The number of carbonyl (C=O) groups is 1. The quantitative estimate of drug-likeness (QED) is 0.732. The summed E-state index contributed by atoms with van der Waals surface area (Å²) in [7, 11) is 0. The van der Waals surface area contributed by atoms with Crippen molar-refractivity contribution in [1.29, 1.82) is 0 Å². The molecule has 0 fully saturated rings. The molecule has 0 atom stereocenters. The number of nitrogens with two attached hydrogens (primary N) is 1. The molecule has 106 valence electrons. The highest BCUT2D eigenvalue weighted by atomic mass is 16.5. The summed E-state index contributed by atoms with van der Waals surface area (Å²) in [5.74, 6) is 0.0887. The van der Waals surface area contributed by atoms with E-state index in [9.17, 15) is 4.79 Å². The zero-order chi connectivity index (χ0) is 14.1. The van der Waals surface area contributed by atoms with Crippen molar-refractivity contribution >= 4 is 11.6 Å². The molecule has 0 heterocycles. The van der Waals surface area contributed by atoms with Crippen LogP contribution < -0.4 is 10.6 Å². The van der Waals surface area contributed by atoms with Gasteiger partial charge in [0, 0.05) is 18.8 Å². The first-order valence-electron chi connectivity index (χ1n) is 6.84. The van der Waals surface area contributed by atoms with E-state index in [2.05, 4.69) is 0 Å². The molecule has 1 amide bonds. The summed E-state index contributed by atoms with van der Waals surface area (Å²) in [5, 5.41) is 0. The Morgan fingerprint density at radius 1 is 1.32 bits per heavy atom. The van der Waals surface area contributed by atoms with Crippen LogP contribution in [0, 0.1) is 6.92 Å². The highest BCUT2D eigenvalue weighted by Gasteiger charge is 2.14. The third-order valence-corrected chi connectivity index (χ3v) is 2.90. The van der Waals surface area contributed by atoms with Crippen LogP contribution in [0.1, 0.15) is 25.3 Å². The second kappa shape index (κ2) is 8.67. The molecule has 0 aliphatic rings. The monoisotopic (exact) mass is 264 g/mol. The number of nitrogens with zero attached hydrogens (tertiary/aromatic N) is 1. The molecule has 4 heteroatoms. The molecule has 1 aromatic carbocycles. The first kappa shape index (κ1) is 15.7. The van der Waals surface area contributed by atoms with Crippen LogP contribution >= 0.6 is 0 Å². The molecule has 0 unspecified atom stereocenters. The molecule has 4 nitrogen and oxygen atoms in total. The van der Waals surface area contributed by atoms with Gasteiger partial charge in [-0.2, -0.15) is 0 Å². The maximum absolute atomic E-state index is 12.2. The molecule has 0 aliphatic carbocycles. The zero-order valence-corrected chi connectivity index (χ0v) is 11.9. The Morgan fingerprint density at radius 3 is 2.58 bits per heavy atom. The minimum atomic E-state index is 0.0887. The molecular formula is C15H24N2O2. The van der Waals surface area contributed by atoms with E-state index in [-0.39, 0.29) is 5.91 Å². The summed E-state index contributed by atoms with van der Waals surface area (Å²) < 4.78 is 5.24. The van der Waals surface area contributed by atoms with Crippen LogP contribution in [0.2, 0.25) is 0 Å². The third kappa shape index (κ3) is 5.41. The second-order valence-corrected chi connectivity index (χ2v) is 4.47. The molecule has 0 spiro atoms. The molecule has 2 N–H and O–H groups in total. The Balaban J connectivity index is 2.70. The van der Waals surface area contributed by atoms with Gasteiger partial charge in [0.15, 0.2) is 0 Å². The number of anilines is 1. The lowest BCUT2D eigenvalue weighted by Gasteiger charge is -2.23. The standard InChI is InChI=1S/C15H24N2O2/c1-3-19-12-9-15(18)17(11-4-10-16)14-7-5-13(2)6-8-14/h5-8H,3-4,9-12,16H2,1-2H3. The fourth-order valence-electron chi connectivity index (χ4n) is 1.81. The molecule has 19 heavy (non-hydrogen) atoms. The molecule has 0 radical (unpaired) electrons. The maximum atomic E-state index is 12.2. The topological polar surface area (TPSA) is 55.6 Å². The van der Waals surface area contributed by atoms with Crippen molar-refractivity contribution < 1.29 is 9.53 Å². The Morgan fingerprint density at radius 2 is 2.00 bits per heavy atom. The van der Waals surface area contributed by atoms with Gasteiger partial charge in [0.05, 0.1) is 13.0 Å². The number of hydrogen-bond donors (Lipinski definition) is 1. The van der Waals surface area contributed by atoms with Gasteiger partial charge in [-0.1, -0.05) is 17.7 Å². The lowest BCUT2D eigenvalue weighted by molar-refractivity contribution is -0.119. The predicted octanol–water partition coefficient (Wildman–Crippen LogP) is 2.10. The van der Waals surface area contributed by atoms with Crippen LogP contribution in [0.3, 0.4) is 0 Å². The van der Waals surface area contributed by atoms with E-state index >= 15 is 0 Å². The molecule has 0 saturated heterocycles. The number of benzene rings is 1. The fourth-order valence-corrected chi connectivity index (χ4v) is 1.81. The van der Waals surface area contributed by atoms with Crippen LogP contribution in [0.4, 0.5) is 5.69 Å². The van der Waals surface area contributed by atoms with Crippen molar-refractivity contribution in [2.45, 2.75) is 26.7 Å².